The summed E-state index contributed by atoms with van der Waals surface area (Å²) in [4.78, 5) is 0. The van der Waals surface area contributed by atoms with E-state index in [1.807, 2.05) is 30.3 Å². The van der Waals surface area contributed by atoms with Gasteiger partial charge in [-0.1, -0.05) is 18.2 Å². The topological polar surface area (TPSA) is 27.7 Å². The lowest BCUT2D eigenvalue weighted by molar-refractivity contribution is 0.349. The fourth-order valence-corrected chi connectivity index (χ4v) is 2.86. The zero-order valence-corrected chi connectivity index (χ0v) is 8.59. The second-order valence-corrected chi connectivity index (χ2v) is 5.45. The molecular formula is C8H9O3PS. The molecule has 0 spiro atoms. The van der Waals surface area contributed by atoms with Gasteiger partial charge in [0.25, 0.3) is 0 Å². The maximum absolute atomic E-state index is 5.44. The molecule has 13 heavy (non-hydrogen) atoms. The van der Waals surface area contributed by atoms with Crippen molar-refractivity contribution < 1.29 is 13.6 Å². The highest BCUT2D eigenvalue weighted by atomic mass is 32.5. The molecule has 0 bridgehead atoms. The van der Waals surface area contributed by atoms with Gasteiger partial charge in [-0.25, -0.2) is 0 Å². The molecule has 1 saturated heterocycles. The monoisotopic (exact) mass is 216 g/mol. The van der Waals surface area contributed by atoms with Gasteiger partial charge < -0.3 is 4.52 Å². The third kappa shape index (κ3) is 2.29. The fraction of sp³-hybridized carbons (Fsp3) is 0.250. The molecule has 2 rings (SSSR count). The Morgan fingerprint density at radius 3 is 2.38 bits per heavy atom. The minimum atomic E-state index is -2.46. The average Bonchev–Trinajstić information content (AvgIpc) is 2.54. The molecule has 1 aromatic rings. The van der Waals surface area contributed by atoms with Crippen LogP contribution >= 0.6 is 6.72 Å². The molecule has 1 aliphatic rings. The quantitative estimate of drug-likeness (QED) is 0.709. The van der Waals surface area contributed by atoms with Gasteiger partial charge >= 0.3 is 6.72 Å². The molecule has 1 fully saturated rings. The summed E-state index contributed by atoms with van der Waals surface area (Å²) >= 11 is 5.09. The summed E-state index contributed by atoms with van der Waals surface area (Å²) in [6, 6.07) is 9.34. The number of hydrogen-bond donors (Lipinski definition) is 0. The van der Waals surface area contributed by atoms with Crippen molar-refractivity contribution in [3.05, 3.63) is 30.3 Å². The first kappa shape index (κ1) is 9.16. The van der Waals surface area contributed by atoms with Crippen LogP contribution in [0.4, 0.5) is 0 Å². The molecule has 5 heteroatoms. The fourth-order valence-electron chi connectivity index (χ4n) is 0.999. The van der Waals surface area contributed by atoms with Crippen molar-refractivity contribution in [3.63, 3.8) is 0 Å². The van der Waals surface area contributed by atoms with Crippen LogP contribution in [0.5, 0.6) is 5.75 Å². The van der Waals surface area contributed by atoms with Gasteiger partial charge in [-0.2, -0.15) is 0 Å². The van der Waals surface area contributed by atoms with E-state index in [1.54, 1.807) is 0 Å². The second-order valence-electron chi connectivity index (χ2n) is 2.52. The number of rotatable bonds is 2. The van der Waals surface area contributed by atoms with Crippen LogP contribution < -0.4 is 4.52 Å². The molecule has 0 amide bonds. The summed E-state index contributed by atoms with van der Waals surface area (Å²) in [5.41, 5.74) is 0. The van der Waals surface area contributed by atoms with Crippen LogP contribution in [-0.4, -0.2) is 13.2 Å². The van der Waals surface area contributed by atoms with Crippen LogP contribution in [0.2, 0.25) is 0 Å². The van der Waals surface area contributed by atoms with Crippen LogP contribution in [-0.2, 0) is 20.9 Å². The molecule has 3 nitrogen and oxygen atoms in total. The molecule has 1 aromatic carbocycles. The molecule has 0 saturated carbocycles. The van der Waals surface area contributed by atoms with Crippen molar-refractivity contribution >= 4 is 18.5 Å². The van der Waals surface area contributed by atoms with E-state index in [-0.39, 0.29) is 0 Å². The molecule has 0 aromatic heterocycles. The van der Waals surface area contributed by atoms with Crippen LogP contribution in [0, 0.1) is 0 Å². The first-order valence-corrected chi connectivity index (χ1v) is 6.48. The van der Waals surface area contributed by atoms with Crippen LogP contribution in [0.1, 0.15) is 0 Å². The lowest BCUT2D eigenvalue weighted by atomic mass is 10.3. The smallest absolute Gasteiger partial charge is 0.380 e. The van der Waals surface area contributed by atoms with Crippen molar-refractivity contribution in [3.8, 4) is 5.75 Å². The summed E-state index contributed by atoms with van der Waals surface area (Å²) in [6.07, 6.45) is 0. The molecule has 0 atom stereocenters. The molecule has 1 aliphatic heterocycles. The maximum Gasteiger partial charge on any atom is 0.380 e. The third-order valence-electron chi connectivity index (χ3n) is 1.54. The van der Waals surface area contributed by atoms with Gasteiger partial charge in [0, 0.05) is 11.8 Å². The molecule has 70 valence electrons. The lowest BCUT2D eigenvalue weighted by Gasteiger charge is -2.13. The van der Waals surface area contributed by atoms with Gasteiger partial charge in [0.15, 0.2) is 0 Å². The predicted molar refractivity (Wildman–Crippen MR) is 53.3 cm³/mol. The van der Waals surface area contributed by atoms with Crippen molar-refractivity contribution in [1.29, 1.82) is 0 Å². The summed E-state index contributed by atoms with van der Waals surface area (Å²) < 4.78 is 15.9. The van der Waals surface area contributed by atoms with E-state index in [0.717, 1.165) is 0 Å². The first-order chi connectivity index (χ1) is 6.29. The Bertz CT molecular complexity index is 317. The molecular weight excluding hydrogens is 207 g/mol. The Labute approximate surface area is 81.9 Å². The van der Waals surface area contributed by atoms with Crippen LogP contribution in [0.25, 0.3) is 0 Å². The molecule has 1 heterocycles. The van der Waals surface area contributed by atoms with Gasteiger partial charge in [-0.05, 0) is 12.1 Å². The van der Waals surface area contributed by atoms with E-state index in [0.29, 0.717) is 19.0 Å². The molecule has 0 aliphatic carbocycles. The maximum atomic E-state index is 5.44. The Kier molecular flexibility index (Phi) is 2.65. The highest BCUT2D eigenvalue weighted by Gasteiger charge is 2.27. The number of benzene rings is 1. The second kappa shape index (κ2) is 3.76. The Morgan fingerprint density at radius 1 is 1.15 bits per heavy atom. The van der Waals surface area contributed by atoms with Gasteiger partial charge in [0.05, 0.1) is 13.2 Å². The van der Waals surface area contributed by atoms with Crippen molar-refractivity contribution in [2.45, 2.75) is 0 Å². The first-order valence-electron chi connectivity index (χ1n) is 3.92. The van der Waals surface area contributed by atoms with E-state index >= 15 is 0 Å². The summed E-state index contributed by atoms with van der Waals surface area (Å²) in [5, 5.41) is 0. The number of para-hydroxylation sites is 1. The third-order valence-corrected chi connectivity index (χ3v) is 3.83. The van der Waals surface area contributed by atoms with Crippen molar-refractivity contribution in [2.24, 2.45) is 0 Å². The zero-order valence-electron chi connectivity index (χ0n) is 6.88. The summed E-state index contributed by atoms with van der Waals surface area (Å²) in [6.45, 7) is -1.39. The van der Waals surface area contributed by atoms with Gasteiger partial charge in [0.1, 0.15) is 5.75 Å². The Balaban J connectivity index is 2.10. The van der Waals surface area contributed by atoms with E-state index in [4.69, 9.17) is 25.4 Å². The largest absolute Gasteiger partial charge is 0.424 e. The van der Waals surface area contributed by atoms with E-state index in [1.165, 1.54) is 0 Å². The van der Waals surface area contributed by atoms with E-state index in [2.05, 4.69) is 0 Å². The Morgan fingerprint density at radius 2 is 1.77 bits per heavy atom. The van der Waals surface area contributed by atoms with E-state index < -0.39 is 6.72 Å². The molecule has 0 unspecified atom stereocenters. The normalized spacial score (nSPS) is 20.0. The SMILES string of the molecule is S=P1(Oc2ccccc2)OCCO1. The van der Waals surface area contributed by atoms with E-state index in [9.17, 15) is 0 Å². The molecule has 0 radical (unpaired) electrons. The number of hydrogen-bond acceptors (Lipinski definition) is 4. The highest BCUT2D eigenvalue weighted by Crippen LogP contribution is 2.52. The zero-order chi connectivity index (χ0) is 9.15. The summed E-state index contributed by atoms with van der Waals surface area (Å²) in [7, 11) is 0. The minimum absolute atomic E-state index is 0.532. The van der Waals surface area contributed by atoms with Crippen molar-refractivity contribution in [1.82, 2.24) is 0 Å². The van der Waals surface area contributed by atoms with Crippen LogP contribution in [0.15, 0.2) is 30.3 Å². The highest BCUT2D eigenvalue weighted by molar-refractivity contribution is 8.07. The summed E-state index contributed by atoms with van der Waals surface area (Å²) in [5.74, 6) is 0.702. The van der Waals surface area contributed by atoms with Gasteiger partial charge in [0.2, 0.25) is 0 Å². The lowest BCUT2D eigenvalue weighted by Crippen LogP contribution is -1.91. The van der Waals surface area contributed by atoms with Gasteiger partial charge in [-0.15, -0.1) is 0 Å². The Hall–Kier alpha value is -0.410. The standard InChI is InChI=1S/C8H9O3PS/c13-12(9-6-7-10-12)11-8-4-2-1-3-5-8/h1-5H,6-7H2. The average molecular weight is 216 g/mol. The van der Waals surface area contributed by atoms with Crippen LogP contribution in [0.3, 0.4) is 0 Å². The minimum Gasteiger partial charge on any atom is -0.424 e. The predicted octanol–water partition coefficient (Wildman–Crippen LogP) is 2.34. The van der Waals surface area contributed by atoms with Crippen molar-refractivity contribution in [2.75, 3.05) is 13.2 Å². The molecule has 0 N–H and O–H groups in total. The van der Waals surface area contributed by atoms with Gasteiger partial charge in [-0.3, -0.25) is 9.05 Å².